The van der Waals surface area contributed by atoms with Gasteiger partial charge in [0.25, 0.3) is 0 Å². The molecule has 1 aromatic carbocycles. The van der Waals surface area contributed by atoms with Gasteiger partial charge in [-0.05, 0) is 38.5 Å². The minimum atomic E-state index is -4.37. The number of halogens is 3. The number of hydrogen-bond acceptors (Lipinski definition) is 4. The van der Waals surface area contributed by atoms with Crippen molar-refractivity contribution in [1.29, 1.82) is 0 Å². The zero-order chi connectivity index (χ0) is 17.2. The van der Waals surface area contributed by atoms with E-state index in [2.05, 4.69) is 15.6 Å². The highest BCUT2D eigenvalue weighted by Gasteiger charge is 2.32. The maximum atomic E-state index is 12.6. The SMILES string of the molecule is CC(C)OC(=O)NC1=NC(c2ccc(C(F)(F)F)cc2)C(C)N1. The molecule has 0 bridgehead atoms. The van der Waals surface area contributed by atoms with E-state index in [1.165, 1.54) is 12.1 Å². The van der Waals surface area contributed by atoms with Crippen LogP contribution < -0.4 is 10.6 Å². The van der Waals surface area contributed by atoms with Crippen molar-refractivity contribution in [3.05, 3.63) is 35.4 Å². The van der Waals surface area contributed by atoms with Crippen LogP contribution in [0.4, 0.5) is 18.0 Å². The van der Waals surface area contributed by atoms with Crippen LogP contribution in [0.25, 0.3) is 0 Å². The van der Waals surface area contributed by atoms with Crippen molar-refractivity contribution in [3.63, 3.8) is 0 Å². The number of alkyl halides is 3. The molecule has 0 aliphatic carbocycles. The number of nitrogens with one attached hydrogen (secondary N) is 2. The zero-order valence-corrected chi connectivity index (χ0v) is 12.9. The van der Waals surface area contributed by atoms with E-state index in [1.54, 1.807) is 13.8 Å². The van der Waals surface area contributed by atoms with Gasteiger partial charge in [0.15, 0.2) is 0 Å². The van der Waals surface area contributed by atoms with E-state index in [0.717, 1.165) is 12.1 Å². The third-order valence-corrected chi connectivity index (χ3v) is 3.25. The van der Waals surface area contributed by atoms with Crippen molar-refractivity contribution in [2.75, 3.05) is 0 Å². The number of amides is 1. The Morgan fingerprint density at radius 1 is 1.30 bits per heavy atom. The van der Waals surface area contributed by atoms with Crippen molar-refractivity contribution >= 4 is 12.1 Å². The Kier molecular flexibility index (Phi) is 4.82. The lowest BCUT2D eigenvalue weighted by molar-refractivity contribution is -0.137. The highest BCUT2D eigenvalue weighted by atomic mass is 19.4. The number of carbonyl (C=O) groups excluding carboxylic acids is 1. The number of hydrogen-bond donors (Lipinski definition) is 2. The van der Waals surface area contributed by atoms with Crippen molar-refractivity contribution in [3.8, 4) is 0 Å². The molecule has 1 heterocycles. The van der Waals surface area contributed by atoms with Crippen LogP contribution in [0.2, 0.25) is 0 Å². The average Bonchev–Trinajstić information content (AvgIpc) is 2.77. The van der Waals surface area contributed by atoms with E-state index in [4.69, 9.17) is 4.74 Å². The number of nitrogens with zero attached hydrogens (tertiary/aromatic N) is 1. The molecule has 0 saturated carbocycles. The summed E-state index contributed by atoms with van der Waals surface area (Å²) in [4.78, 5) is 15.8. The topological polar surface area (TPSA) is 62.7 Å². The van der Waals surface area contributed by atoms with Crippen LogP contribution >= 0.6 is 0 Å². The summed E-state index contributed by atoms with van der Waals surface area (Å²) in [6.07, 6.45) is -5.26. The van der Waals surface area contributed by atoms with E-state index in [-0.39, 0.29) is 24.1 Å². The molecule has 2 rings (SSSR count). The van der Waals surface area contributed by atoms with Crippen LogP contribution in [-0.4, -0.2) is 24.2 Å². The van der Waals surface area contributed by atoms with E-state index in [1.807, 2.05) is 6.92 Å². The van der Waals surface area contributed by atoms with Crippen molar-refractivity contribution in [1.82, 2.24) is 10.6 Å². The van der Waals surface area contributed by atoms with Gasteiger partial charge in [0.05, 0.1) is 23.8 Å². The standard InChI is InChI=1S/C15H18F3N3O2/c1-8(2)23-14(22)21-13-19-9(3)12(20-13)10-4-6-11(7-5-10)15(16,17)18/h4-9,12H,1-3H3,(H2,19,20,21,22). The second kappa shape index (κ2) is 6.47. The summed E-state index contributed by atoms with van der Waals surface area (Å²) >= 11 is 0. The fraction of sp³-hybridized carbons (Fsp3) is 0.467. The summed E-state index contributed by atoms with van der Waals surface area (Å²) in [5.74, 6) is 0.244. The molecule has 2 atom stereocenters. The highest BCUT2D eigenvalue weighted by Crippen LogP contribution is 2.31. The first kappa shape index (κ1) is 17.1. The second-order valence-corrected chi connectivity index (χ2v) is 5.55. The number of carbonyl (C=O) groups is 1. The van der Waals surface area contributed by atoms with Gasteiger partial charge in [0.1, 0.15) is 0 Å². The maximum Gasteiger partial charge on any atom is 0.416 e. The largest absolute Gasteiger partial charge is 0.447 e. The molecule has 23 heavy (non-hydrogen) atoms. The fourth-order valence-corrected chi connectivity index (χ4v) is 2.22. The predicted molar refractivity (Wildman–Crippen MR) is 79.0 cm³/mol. The lowest BCUT2D eigenvalue weighted by Crippen LogP contribution is -2.41. The summed E-state index contributed by atoms with van der Waals surface area (Å²) in [6.45, 7) is 5.27. The molecule has 1 aliphatic heterocycles. The molecule has 1 amide bonds. The van der Waals surface area contributed by atoms with E-state index >= 15 is 0 Å². The normalized spacial score (nSPS) is 20.9. The van der Waals surface area contributed by atoms with Crippen LogP contribution in [0, 0.1) is 0 Å². The zero-order valence-electron chi connectivity index (χ0n) is 12.9. The first-order chi connectivity index (χ1) is 10.7. The van der Waals surface area contributed by atoms with E-state index in [9.17, 15) is 18.0 Å². The Balaban J connectivity index is 2.09. The molecule has 0 fully saturated rings. The summed E-state index contributed by atoms with van der Waals surface area (Å²) in [5.41, 5.74) is -0.0743. The van der Waals surface area contributed by atoms with Crippen LogP contribution in [0.5, 0.6) is 0 Å². The van der Waals surface area contributed by atoms with Gasteiger partial charge >= 0.3 is 12.3 Å². The lowest BCUT2D eigenvalue weighted by Gasteiger charge is -2.15. The molecule has 1 aromatic rings. The van der Waals surface area contributed by atoms with Gasteiger partial charge in [-0.2, -0.15) is 13.2 Å². The Morgan fingerprint density at radius 3 is 2.43 bits per heavy atom. The summed E-state index contributed by atoms with van der Waals surface area (Å²) in [5, 5.41) is 5.44. The molecule has 0 saturated heterocycles. The monoisotopic (exact) mass is 329 g/mol. The maximum absolute atomic E-state index is 12.6. The third-order valence-electron chi connectivity index (χ3n) is 3.25. The van der Waals surface area contributed by atoms with Gasteiger partial charge in [-0.3, -0.25) is 5.32 Å². The van der Waals surface area contributed by atoms with Crippen molar-refractivity contribution in [2.24, 2.45) is 4.99 Å². The van der Waals surface area contributed by atoms with Gasteiger partial charge in [-0.25, -0.2) is 9.79 Å². The van der Waals surface area contributed by atoms with Crippen molar-refractivity contribution < 1.29 is 22.7 Å². The number of ether oxygens (including phenoxy) is 1. The molecule has 2 N–H and O–H groups in total. The molecule has 0 aromatic heterocycles. The number of alkyl carbamates (subject to hydrolysis) is 1. The summed E-state index contributed by atoms with van der Waals surface area (Å²) in [7, 11) is 0. The van der Waals surface area contributed by atoms with Gasteiger partial charge < -0.3 is 10.1 Å². The number of aliphatic imine (C=N–C) groups is 1. The van der Waals surface area contributed by atoms with Gasteiger partial charge in [0.2, 0.25) is 5.96 Å². The Morgan fingerprint density at radius 2 is 1.91 bits per heavy atom. The molecular formula is C15H18F3N3O2. The molecular weight excluding hydrogens is 311 g/mol. The van der Waals surface area contributed by atoms with E-state index < -0.39 is 17.8 Å². The van der Waals surface area contributed by atoms with Gasteiger partial charge in [0, 0.05) is 0 Å². The van der Waals surface area contributed by atoms with Gasteiger partial charge in [-0.15, -0.1) is 0 Å². The minimum absolute atomic E-state index is 0.166. The Bertz CT molecular complexity index is 597. The summed E-state index contributed by atoms with van der Waals surface area (Å²) in [6, 6.07) is 4.29. The Hall–Kier alpha value is -2.25. The molecule has 5 nitrogen and oxygen atoms in total. The smallest absolute Gasteiger partial charge is 0.416 e. The van der Waals surface area contributed by atoms with Crippen molar-refractivity contribution in [2.45, 2.75) is 45.1 Å². The minimum Gasteiger partial charge on any atom is -0.447 e. The van der Waals surface area contributed by atoms with Gasteiger partial charge in [-0.1, -0.05) is 12.1 Å². The first-order valence-corrected chi connectivity index (χ1v) is 7.16. The molecule has 1 aliphatic rings. The van der Waals surface area contributed by atoms with Crippen LogP contribution in [-0.2, 0) is 10.9 Å². The lowest BCUT2D eigenvalue weighted by atomic mass is 10.0. The van der Waals surface area contributed by atoms with E-state index in [0.29, 0.717) is 5.56 Å². The molecule has 126 valence electrons. The molecule has 0 radical (unpaired) electrons. The molecule has 8 heteroatoms. The van der Waals surface area contributed by atoms with Crippen LogP contribution in [0.1, 0.15) is 37.9 Å². The fourth-order valence-electron chi connectivity index (χ4n) is 2.22. The number of rotatable bonds is 2. The molecule has 0 spiro atoms. The number of benzene rings is 1. The van der Waals surface area contributed by atoms with Crippen LogP contribution in [0.15, 0.2) is 29.3 Å². The Labute approximate surface area is 131 Å². The second-order valence-electron chi connectivity index (χ2n) is 5.55. The molecule has 2 unspecified atom stereocenters. The average molecular weight is 329 g/mol. The van der Waals surface area contributed by atoms with Crippen LogP contribution in [0.3, 0.4) is 0 Å². The first-order valence-electron chi connectivity index (χ1n) is 7.16. The predicted octanol–water partition coefficient (Wildman–Crippen LogP) is 3.23. The highest BCUT2D eigenvalue weighted by molar-refractivity contribution is 5.95. The third kappa shape index (κ3) is 4.37. The number of guanidine groups is 1. The quantitative estimate of drug-likeness (QED) is 0.876. The summed E-state index contributed by atoms with van der Waals surface area (Å²) < 4.78 is 42.7.